The highest BCUT2D eigenvalue weighted by molar-refractivity contribution is 5.94. The first-order valence-electron chi connectivity index (χ1n) is 8.94. The molecule has 2 aromatic carbocycles. The van der Waals surface area contributed by atoms with E-state index in [1.54, 1.807) is 23.1 Å². The van der Waals surface area contributed by atoms with Crippen LogP contribution in [0.2, 0.25) is 0 Å². The summed E-state index contributed by atoms with van der Waals surface area (Å²) in [4.78, 5) is 25.7. The summed E-state index contributed by atoms with van der Waals surface area (Å²) >= 11 is 0. The molecule has 26 heavy (non-hydrogen) atoms. The number of nitrogens with zero attached hydrogens (tertiary/aromatic N) is 1. The van der Waals surface area contributed by atoms with E-state index in [0.29, 0.717) is 24.6 Å². The number of hydrogen-bond donors (Lipinski definition) is 1. The average Bonchev–Trinajstić information content (AvgIpc) is 3.11. The van der Waals surface area contributed by atoms with Gasteiger partial charge in [-0.2, -0.15) is 0 Å². The molecule has 1 fully saturated rings. The molecule has 5 nitrogen and oxygen atoms in total. The Hall–Kier alpha value is -2.66. The lowest BCUT2D eigenvalue weighted by Gasteiger charge is -2.22. The van der Waals surface area contributed by atoms with E-state index in [4.69, 9.17) is 9.84 Å². The first kappa shape index (κ1) is 16.8. The number of carboxylic acids is 1. The summed E-state index contributed by atoms with van der Waals surface area (Å²) in [6.07, 6.45) is 2.06. The molecule has 5 heteroatoms. The molecule has 1 amide bonds. The molecule has 0 unspecified atom stereocenters. The third-order valence-electron chi connectivity index (χ3n) is 5.31. The summed E-state index contributed by atoms with van der Waals surface area (Å²) < 4.78 is 5.41. The van der Waals surface area contributed by atoms with Gasteiger partial charge in [0.2, 0.25) is 0 Å². The van der Waals surface area contributed by atoms with Gasteiger partial charge in [-0.1, -0.05) is 18.2 Å². The number of carbonyl (C=O) groups excluding carboxylic acids is 1. The maximum absolute atomic E-state index is 12.8. The maximum Gasteiger partial charge on any atom is 0.335 e. The fourth-order valence-corrected chi connectivity index (χ4v) is 3.78. The standard InChI is InChI=1S/C21H21NO4/c23-20(16-3-1-14(2-4-16)15-7-9-26-10-8-15)22-12-18-6-5-17(21(24)25)11-19(18)13-22/h1-6,11,15H,7-10,12-13H2,(H,24,25). The van der Waals surface area contributed by atoms with Gasteiger partial charge in [-0.05, 0) is 59.7 Å². The van der Waals surface area contributed by atoms with E-state index in [0.717, 1.165) is 37.2 Å². The smallest absolute Gasteiger partial charge is 0.335 e. The number of carbonyl (C=O) groups is 2. The third-order valence-corrected chi connectivity index (χ3v) is 5.31. The van der Waals surface area contributed by atoms with Crippen molar-refractivity contribution < 1.29 is 19.4 Å². The SMILES string of the molecule is O=C(O)c1ccc2c(c1)CN(C(=O)c1ccc(C3CCOCC3)cc1)C2. The summed E-state index contributed by atoms with van der Waals surface area (Å²) in [6, 6.07) is 13.0. The second-order valence-corrected chi connectivity index (χ2v) is 6.96. The molecule has 2 aliphatic heterocycles. The van der Waals surface area contributed by atoms with Gasteiger partial charge in [-0.3, -0.25) is 4.79 Å². The lowest BCUT2D eigenvalue weighted by molar-refractivity contribution is 0.0696. The van der Waals surface area contributed by atoms with Crippen molar-refractivity contribution in [3.63, 3.8) is 0 Å². The van der Waals surface area contributed by atoms with Crippen LogP contribution >= 0.6 is 0 Å². The van der Waals surface area contributed by atoms with Crippen LogP contribution in [0.25, 0.3) is 0 Å². The minimum Gasteiger partial charge on any atom is -0.478 e. The van der Waals surface area contributed by atoms with Crippen molar-refractivity contribution in [3.8, 4) is 0 Å². The molecule has 0 aromatic heterocycles. The summed E-state index contributed by atoms with van der Waals surface area (Å²) in [5.74, 6) is -0.448. The first-order valence-corrected chi connectivity index (χ1v) is 8.94. The van der Waals surface area contributed by atoms with E-state index < -0.39 is 5.97 Å². The lowest BCUT2D eigenvalue weighted by atomic mass is 9.91. The number of carboxylic acid groups (broad SMARTS) is 1. The van der Waals surface area contributed by atoms with Crippen molar-refractivity contribution in [2.75, 3.05) is 13.2 Å². The highest BCUT2D eigenvalue weighted by Crippen LogP contribution is 2.28. The van der Waals surface area contributed by atoms with Crippen LogP contribution in [-0.4, -0.2) is 35.1 Å². The summed E-state index contributed by atoms with van der Waals surface area (Å²) in [6.45, 7) is 2.58. The molecule has 134 valence electrons. The number of rotatable bonds is 3. The average molecular weight is 351 g/mol. The molecule has 0 saturated carbocycles. The van der Waals surface area contributed by atoms with Crippen LogP contribution in [0, 0.1) is 0 Å². The molecule has 1 N–H and O–H groups in total. The van der Waals surface area contributed by atoms with Crippen LogP contribution in [0.3, 0.4) is 0 Å². The fourth-order valence-electron chi connectivity index (χ4n) is 3.78. The molecule has 0 aliphatic carbocycles. The van der Waals surface area contributed by atoms with Crippen molar-refractivity contribution in [1.82, 2.24) is 4.90 Å². The molecule has 2 heterocycles. The van der Waals surface area contributed by atoms with E-state index >= 15 is 0 Å². The number of ether oxygens (including phenoxy) is 1. The summed E-state index contributed by atoms with van der Waals surface area (Å²) in [5, 5.41) is 9.11. The number of hydrogen-bond acceptors (Lipinski definition) is 3. The molecular formula is C21H21NO4. The Bertz CT molecular complexity index is 838. The van der Waals surface area contributed by atoms with E-state index in [1.807, 2.05) is 12.1 Å². The van der Waals surface area contributed by atoms with E-state index in [-0.39, 0.29) is 11.5 Å². The topological polar surface area (TPSA) is 66.8 Å². The van der Waals surface area contributed by atoms with Crippen molar-refractivity contribution in [2.45, 2.75) is 31.8 Å². The van der Waals surface area contributed by atoms with Crippen molar-refractivity contribution in [3.05, 3.63) is 70.3 Å². The highest BCUT2D eigenvalue weighted by Gasteiger charge is 2.25. The largest absolute Gasteiger partial charge is 0.478 e. The Morgan fingerprint density at radius 1 is 0.923 bits per heavy atom. The Morgan fingerprint density at radius 2 is 1.58 bits per heavy atom. The summed E-state index contributed by atoms with van der Waals surface area (Å²) in [7, 11) is 0. The van der Waals surface area contributed by atoms with E-state index in [1.165, 1.54) is 5.56 Å². The summed E-state index contributed by atoms with van der Waals surface area (Å²) in [5.41, 5.74) is 4.13. The molecule has 2 aromatic rings. The van der Waals surface area contributed by atoms with Crippen LogP contribution in [0.15, 0.2) is 42.5 Å². The van der Waals surface area contributed by atoms with Gasteiger partial charge >= 0.3 is 5.97 Å². The Balaban J connectivity index is 1.47. The van der Waals surface area contributed by atoms with Gasteiger partial charge in [0.1, 0.15) is 0 Å². The van der Waals surface area contributed by atoms with Crippen molar-refractivity contribution in [2.24, 2.45) is 0 Å². The number of amides is 1. The van der Waals surface area contributed by atoms with Crippen LogP contribution < -0.4 is 0 Å². The molecule has 2 aliphatic rings. The molecule has 0 spiro atoms. The van der Waals surface area contributed by atoms with Gasteiger partial charge in [0.05, 0.1) is 5.56 Å². The minimum absolute atomic E-state index is 0.0170. The van der Waals surface area contributed by atoms with Gasteiger partial charge < -0.3 is 14.7 Å². The molecule has 0 radical (unpaired) electrons. The van der Waals surface area contributed by atoms with Crippen LogP contribution in [0.4, 0.5) is 0 Å². The molecule has 4 rings (SSSR count). The molecule has 0 bridgehead atoms. The molecule has 1 saturated heterocycles. The van der Waals surface area contributed by atoms with Crippen LogP contribution in [0.1, 0.15) is 56.2 Å². The Kier molecular flexibility index (Phi) is 4.47. The van der Waals surface area contributed by atoms with Gasteiger partial charge in [0.25, 0.3) is 5.91 Å². The van der Waals surface area contributed by atoms with Crippen LogP contribution in [-0.2, 0) is 17.8 Å². The second kappa shape index (κ2) is 6.92. The number of benzene rings is 2. The Labute approximate surface area is 152 Å². The zero-order chi connectivity index (χ0) is 18.1. The monoisotopic (exact) mass is 351 g/mol. The highest BCUT2D eigenvalue weighted by atomic mass is 16.5. The number of fused-ring (bicyclic) bond motifs is 1. The van der Waals surface area contributed by atoms with Gasteiger partial charge in [-0.15, -0.1) is 0 Å². The number of aromatic carboxylic acids is 1. The Morgan fingerprint density at radius 3 is 2.27 bits per heavy atom. The quantitative estimate of drug-likeness (QED) is 0.920. The normalized spacial score (nSPS) is 17.2. The van der Waals surface area contributed by atoms with Gasteiger partial charge in [-0.25, -0.2) is 4.79 Å². The maximum atomic E-state index is 12.8. The lowest BCUT2D eigenvalue weighted by Crippen LogP contribution is -2.25. The van der Waals surface area contributed by atoms with Crippen molar-refractivity contribution >= 4 is 11.9 Å². The van der Waals surface area contributed by atoms with E-state index in [9.17, 15) is 9.59 Å². The van der Waals surface area contributed by atoms with Gasteiger partial charge in [0.15, 0.2) is 0 Å². The molecule has 0 atom stereocenters. The predicted molar refractivity (Wildman–Crippen MR) is 96.2 cm³/mol. The molecular weight excluding hydrogens is 330 g/mol. The zero-order valence-corrected chi connectivity index (χ0v) is 14.5. The predicted octanol–water partition coefficient (Wildman–Crippen LogP) is 3.43. The van der Waals surface area contributed by atoms with E-state index in [2.05, 4.69) is 12.1 Å². The third kappa shape index (κ3) is 3.22. The second-order valence-electron chi connectivity index (χ2n) is 6.96. The van der Waals surface area contributed by atoms with Crippen molar-refractivity contribution in [1.29, 1.82) is 0 Å². The fraction of sp³-hybridized carbons (Fsp3) is 0.333. The zero-order valence-electron chi connectivity index (χ0n) is 14.5. The minimum atomic E-state index is -0.943. The first-order chi connectivity index (χ1) is 12.6. The van der Waals surface area contributed by atoms with Gasteiger partial charge in [0, 0.05) is 31.9 Å². The van der Waals surface area contributed by atoms with Crippen LogP contribution in [0.5, 0.6) is 0 Å².